The lowest BCUT2D eigenvalue weighted by Gasteiger charge is -2.22. The van der Waals surface area contributed by atoms with Crippen molar-refractivity contribution in [2.45, 2.75) is 12.2 Å². The van der Waals surface area contributed by atoms with Gasteiger partial charge in [-0.25, -0.2) is 0 Å². The summed E-state index contributed by atoms with van der Waals surface area (Å²) in [4.78, 5) is 11.2. The van der Waals surface area contributed by atoms with Gasteiger partial charge in [-0.05, 0) is 33.9 Å². The maximum Gasteiger partial charge on any atom is 0.283 e. The van der Waals surface area contributed by atoms with Crippen LogP contribution in [0.15, 0.2) is 48.5 Å². The second-order valence-electron chi connectivity index (χ2n) is 5.66. The Hall–Kier alpha value is -2.76. The number of hydrogen-bond donors (Lipinski definition) is 2. The van der Waals surface area contributed by atoms with Crippen LogP contribution in [0.5, 0.6) is 0 Å². The molecular weight excluding hydrogens is 294 g/mol. The fourth-order valence-corrected chi connectivity index (χ4v) is 3.30. The number of aliphatic hydroxyl groups is 2. The van der Waals surface area contributed by atoms with Crippen LogP contribution in [0.3, 0.4) is 0 Å². The fourth-order valence-electron chi connectivity index (χ4n) is 3.30. The number of aliphatic hydroxyl groups excluding tert-OH is 2. The molecule has 0 heterocycles. The van der Waals surface area contributed by atoms with E-state index in [0.29, 0.717) is 10.9 Å². The van der Waals surface area contributed by atoms with Crippen LogP contribution in [0.25, 0.3) is 27.6 Å². The average molecular weight is 307 g/mol. The number of rotatable bonds is 1. The van der Waals surface area contributed by atoms with Crippen LogP contribution >= 0.6 is 0 Å². The third-order valence-corrected chi connectivity index (χ3v) is 4.37. The summed E-state index contributed by atoms with van der Waals surface area (Å²) in [6.07, 6.45) is 0.639. The summed E-state index contributed by atoms with van der Waals surface area (Å²) in [6, 6.07) is 13.1. The molecule has 0 bridgehead atoms. The third kappa shape index (κ3) is 1.94. The topological polar surface area (TPSA) is 83.6 Å². The Morgan fingerprint density at radius 3 is 2.57 bits per heavy atom. The molecule has 0 saturated carbocycles. The van der Waals surface area contributed by atoms with Gasteiger partial charge < -0.3 is 10.2 Å². The first kappa shape index (κ1) is 13.9. The smallest absolute Gasteiger partial charge is 0.283 e. The van der Waals surface area contributed by atoms with Gasteiger partial charge in [-0.1, -0.05) is 42.5 Å². The highest BCUT2D eigenvalue weighted by Gasteiger charge is 2.32. The van der Waals surface area contributed by atoms with E-state index in [2.05, 4.69) is 0 Å². The van der Waals surface area contributed by atoms with E-state index in [-0.39, 0.29) is 11.3 Å². The molecule has 5 nitrogen and oxygen atoms in total. The molecular formula is C18H13NO4. The first-order valence-corrected chi connectivity index (χ1v) is 7.25. The molecule has 3 aromatic rings. The summed E-state index contributed by atoms with van der Waals surface area (Å²) < 4.78 is 0. The lowest BCUT2D eigenvalue weighted by molar-refractivity contribution is -0.384. The molecule has 0 radical (unpaired) electrons. The van der Waals surface area contributed by atoms with Gasteiger partial charge in [0, 0.05) is 0 Å². The quantitative estimate of drug-likeness (QED) is 0.410. The second-order valence-corrected chi connectivity index (χ2v) is 5.66. The van der Waals surface area contributed by atoms with Crippen LogP contribution < -0.4 is 0 Å². The fraction of sp³-hybridized carbons (Fsp3) is 0.111. The van der Waals surface area contributed by atoms with Crippen molar-refractivity contribution in [3.05, 3.63) is 69.8 Å². The molecule has 114 valence electrons. The lowest BCUT2D eigenvalue weighted by atomic mass is 9.87. The Balaban J connectivity index is 2.21. The van der Waals surface area contributed by atoms with E-state index in [4.69, 9.17) is 0 Å². The average Bonchev–Trinajstić information content (AvgIpc) is 2.56. The summed E-state index contributed by atoms with van der Waals surface area (Å²) in [6.45, 7) is 0. The van der Waals surface area contributed by atoms with Crippen LogP contribution in [-0.2, 0) is 0 Å². The highest BCUT2D eigenvalue weighted by molar-refractivity contribution is 6.11. The van der Waals surface area contributed by atoms with E-state index in [1.54, 1.807) is 12.1 Å². The van der Waals surface area contributed by atoms with Crippen molar-refractivity contribution in [1.82, 2.24) is 0 Å². The Morgan fingerprint density at radius 1 is 1.00 bits per heavy atom. The summed E-state index contributed by atoms with van der Waals surface area (Å²) in [5.41, 5.74) is 0.602. The molecule has 5 heteroatoms. The molecule has 3 aromatic carbocycles. The van der Waals surface area contributed by atoms with Crippen molar-refractivity contribution in [2.75, 3.05) is 0 Å². The van der Waals surface area contributed by atoms with E-state index in [1.807, 2.05) is 36.4 Å². The molecule has 0 spiro atoms. The van der Waals surface area contributed by atoms with Gasteiger partial charge in [0.1, 0.15) is 12.2 Å². The molecule has 2 atom stereocenters. The Labute approximate surface area is 131 Å². The van der Waals surface area contributed by atoms with Gasteiger partial charge in [0.2, 0.25) is 0 Å². The van der Waals surface area contributed by atoms with Crippen molar-refractivity contribution in [1.29, 1.82) is 0 Å². The van der Waals surface area contributed by atoms with E-state index in [1.165, 1.54) is 6.08 Å². The summed E-state index contributed by atoms with van der Waals surface area (Å²) in [5, 5.41) is 34.9. The van der Waals surface area contributed by atoms with E-state index in [0.717, 1.165) is 16.2 Å². The van der Waals surface area contributed by atoms with Gasteiger partial charge in [0.05, 0.1) is 15.9 Å². The lowest BCUT2D eigenvalue weighted by Crippen LogP contribution is -2.20. The number of nitrogens with zero attached hydrogens (tertiary/aromatic N) is 1. The first-order valence-electron chi connectivity index (χ1n) is 7.25. The first-order chi connectivity index (χ1) is 11.1. The van der Waals surface area contributed by atoms with E-state index < -0.39 is 17.1 Å². The predicted molar refractivity (Wildman–Crippen MR) is 88.1 cm³/mol. The minimum atomic E-state index is -1.30. The Bertz CT molecular complexity index is 993. The Kier molecular flexibility index (Phi) is 2.94. The number of fused-ring (bicyclic) bond motifs is 4. The molecule has 4 rings (SSSR count). The third-order valence-electron chi connectivity index (χ3n) is 4.37. The molecule has 2 N–H and O–H groups in total. The minimum absolute atomic E-state index is 0.140. The SMILES string of the molecule is O=[N+]([O-])c1c2c(cc3c1ccc1ccccc13)C=C[C@@H](O)[C@@H]2O. The zero-order valence-electron chi connectivity index (χ0n) is 12.0. The largest absolute Gasteiger partial charge is 0.386 e. The van der Waals surface area contributed by atoms with Crippen LogP contribution in [0.4, 0.5) is 5.69 Å². The van der Waals surface area contributed by atoms with Gasteiger partial charge in [-0.15, -0.1) is 0 Å². The van der Waals surface area contributed by atoms with Crippen LogP contribution in [0.2, 0.25) is 0 Å². The molecule has 0 aliphatic heterocycles. The second kappa shape index (κ2) is 4.87. The van der Waals surface area contributed by atoms with Gasteiger partial charge >= 0.3 is 0 Å². The summed E-state index contributed by atoms with van der Waals surface area (Å²) in [7, 11) is 0. The van der Waals surface area contributed by atoms with Crippen LogP contribution in [-0.4, -0.2) is 21.2 Å². The zero-order chi connectivity index (χ0) is 16.1. The number of benzene rings is 3. The van der Waals surface area contributed by atoms with Crippen LogP contribution in [0.1, 0.15) is 17.2 Å². The highest BCUT2D eigenvalue weighted by Crippen LogP contribution is 2.42. The Morgan fingerprint density at radius 2 is 1.78 bits per heavy atom. The van der Waals surface area contributed by atoms with Crippen molar-refractivity contribution in [2.24, 2.45) is 0 Å². The monoisotopic (exact) mass is 307 g/mol. The van der Waals surface area contributed by atoms with Gasteiger partial charge in [-0.2, -0.15) is 0 Å². The van der Waals surface area contributed by atoms with Crippen molar-refractivity contribution >= 4 is 33.3 Å². The molecule has 0 fully saturated rings. The number of nitro groups is 1. The molecule has 0 unspecified atom stereocenters. The van der Waals surface area contributed by atoms with Crippen LogP contribution in [0, 0.1) is 10.1 Å². The standard InChI is InChI=1S/C18H13NO4/c20-15-8-6-11-9-14-12-4-2-1-3-10(12)5-7-13(14)17(19(22)23)16(11)18(15)21/h1-9,15,18,20-21H/t15-,18+/m1/s1. The highest BCUT2D eigenvalue weighted by atomic mass is 16.6. The zero-order valence-corrected chi connectivity index (χ0v) is 12.0. The van der Waals surface area contributed by atoms with E-state index >= 15 is 0 Å². The van der Waals surface area contributed by atoms with Crippen molar-refractivity contribution < 1.29 is 15.1 Å². The molecule has 1 aliphatic rings. The number of nitro benzene ring substituents is 1. The summed E-state index contributed by atoms with van der Waals surface area (Å²) >= 11 is 0. The van der Waals surface area contributed by atoms with E-state index in [9.17, 15) is 20.3 Å². The molecule has 0 amide bonds. The minimum Gasteiger partial charge on any atom is -0.386 e. The maximum absolute atomic E-state index is 11.7. The van der Waals surface area contributed by atoms with Gasteiger partial charge in [0.25, 0.3) is 5.69 Å². The molecule has 0 aromatic heterocycles. The maximum atomic E-state index is 11.7. The molecule has 1 aliphatic carbocycles. The van der Waals surface area contributed by atoms with Gasteiger partial charge in [0.15, 0.2) is 0 Å². The van der Waals surface area contributed by atoms with Crippen molar-refractivity contribution in [3.63, 3.8) is 0 Å². The summed E-state index contributed by atoms with van der Waals surface area (Å²) in [5.74, 6) is 0. The van der Waals surface area contributed by atoms with Gasteiger partial charge in [-0.3, -0.25) is 10.1 Å². The molecule has 23 heavy (non-hydrogen) atoms. The number of hydrogen-bond acceptors (Lipinski definition) is 4. The molecule has 0 saturated heterocycles. The normalized spacial score (nSPS) is 19.9. The van der Waals surface area contributed by atoms with Crippen molar-refractivity contribution in [3.8, 4) is 0 Å². The predicted octanol–water partition coefficient (Wildman–Crippen LogP) is 3.32.